The summed E-state index contributed by atoms with van der Waals surface area (Å²) >= 11 is 1.28. The van der Waals surface area contributed by atoms with Crippen LogP contribution >= 0.6 is 11.8 Å². The quantitative estimate of drug-likeness (QED) is 0.451. The zero-order valence-electron chi connectivity index (χ0n) is 16.5. The fourth-order valence-electron chi connectivity index (χ4n) is 3.19. The molecule has 3 rings (SSSR count). The first-order chi connectivity index (χ1) is 13.8. The van der Waals surface area contributed by atoms with E-state index < -0.39 is 5.91 Å². The van der Waals surface area contributed by atoms with Crippen LogP contribution in [0.25, 0.3) is 5.69 Å². The monoisotopic (exact) mass is 415 g/mol. The minimum atomic E-state index is -0.397. The summed E-state index contributed by atoms with van der Waals surface area (Å²) in [5, 5.41) is 8.74. The number of hydrogen-bond acceptors (Lipinski definition) is 5. The summed E-state index contributed by atoms with van der Waals surface area (Å²) in [7, 11) is 1.79. The number of thioether (sulfide) groups is 1. The van der Waals surface area contributed by atoms with Gasteiger partial charge in [0, 0.05) is 42.5 Å². The number of amides is 1. The van der Waals surface area contributed by atoms with Crippen LogP contribution in [0, 0.1) is 19.7 Å². The predicted octanol–water partition coefficient (Wildman–Crippen LogP) is 2.75. The predicted molar refractivity (Wildman–Crippen MR) is 109 cm³/mol. The minimum absolute atomic E-state index is 0.0487. The molecule has 0 atom stereocenters. The molecule has 7 nitrogen and oxygen atoms in total. The van der Waals surface area contributed by atoms with E-state index in [0.717, 1.165) is 11.4 Å². The van der Waals surface area contributed by atoms with E-state index in [9.17, 15) is 14.0 Å². The Morgan fingerprint density at radius 1 is 1.21 bits per heavy atom. The standard InChI is InChI=1S/C20H22FN5O2S/c1-12-9-16(13(2)26(12)15-6-4-5-14(21)10-15)17(27)11-29-20-24-23-19(25(20)3)8-7-18(22)28/h4-6,9-10H,7-8,11H2,1-3H3,(H2,22,28). The lowest BCUT2D eigenvalue weighted by Crippen LogP contribution is -2.13. The van der Waals surface area contributed by atoms with Crippen LogP contribution in [0.5, 0.6) is 0 Å². The molecule has 0 unspecified atom stereocenters. The van der Waals surface area contributed by atoms with E-state index in [1.807, 2.05) is 24.5 Å². The van der Waals surface area contributed by atoms with Crippen molar-refractivity contribution in [3.8, 4) is 5.69 Å². The number of ketones is 1. The molecule has 0 bridgehead atoms. The highest BCUT2D eigenvalue weighted by atomic mass is 32.2. The zero-order chi connectivity index (χ0) is 21.1. The Hall–Kier alpha value is -2.94. The third-order valence-corrected chi connectivity index (χ3v) is 5.67. The maximum atomic E-state index is 13.6. The van der Waals surface area contributed by atoms with E-state index in [4.69, 9.17) is 5.73 Å². The first-order valence-corrected chi connectivity index (χ1v) is 10.0. The molecule has 0 aliphatic rings. The van der Waals surface area contributed by atoms with Crippen LogP contribution in [0.15, 0.2) is 35.5 Å². The normalized spacial score (nSPS) is 11.0. The highest BCUT2D eigenvalue weighted by Crippen LogP contribution is 2.24. The van der Waals surface area contributed by atoms with Gasteiger partial charge in [-0.3, -0.25) is 9.59 Å². The number of primary amides is 1. The van der Waals surface area contributed by atoms with Crippen LogP contribution in [0.2, 0.25) is 0 Å². The van der Waals surface area contributed by atoms with Gasteiger partial charge in [-0.05, 0) is 38.1 Å². The Labute approximate surface area is 172 Å². The Morgan fingerprint density at radius 2 is 1.97 bits per heavy atom. The van der Waals surface area contributed by atoms with Crippen molar-refractivity contribution in [1.29, 1.82) is 0 Å². The highest BCUT2D eigenvalue weighted by Gasteiger charge is 2.19. The molecule has 9 heteroatoms. The summed E-state index contributed by atoms with van der Waals surface area (Å²) in [6.45, 7) is 3.73. The van der Waals surface area contributed by atoms with Crippen LogP contribution in [0.1, 0.15) is 34.0 Å². The second-order valence-corrected chi connectivity index (χ2v) is 7.68. The maximum absolute atomic E-state index is 13.6. The summed E-state index contributed by atoms with van der Waals surface area (Å²) in [4.78, 5) is 23.7. The smallest absolute Gasteiger partial charge is 0.217 e. The van der Waals surface area contributed by atoms with Crippen molar-refractivity contribution in [2.75, 3.05) is 5.75 Å². The molecule has 0 radical (unpaired) electrons. The molecule has 1 aromatic carbocycles. The van der Waals surface area contributed by atoms with Gasteiger partial charge < -0.3 is 14.9 Å². The summed E-state index contributed by atoms with van der Waals surface area (Å²) in [6, 6.07) is 8.09. The first kappa shape index (κ1) is 20.8. The van der Waals surface area contributed by atoms with Crippen molar-refractivity contribution >= 4 is 23.5 Å². The lowest BCUT2D eigenvalue weighted by Gasteiger charge is -2.10. The van der Waals surface area contributed by atoms with E-state index in [-0.39, 0.29) is 23.8 Å². The number of Topliss-reactive ketones (excluding diaryl/α,β-unsaturated/α-hetero) is 1. The van der Waals surface area contributed by atoms with Gasteiger partial charge in [0.05, 0.1) is 5.75 Å². The number of hydrogen-bond donors (Lipinski definition) is 1. The molecular formula is C20H22FN5O2S. The van der Waals surface area contributed by atoms with Gasteiger partial charge in [0.2, 0.25) is 5.91 Å². The third-order valence-electron chi connectivity index (χ3n) is 4.65. The molecule has 0 fully saturated rings. The van der Waals surface area contributed by atoms with Gasteiger partial charge in [-0.15, -0.1) is 10.2 Å². The fraction of sp³-hybridized carbons (Fsp3) is 0.300. The summed E-state index contributed by atoms with van der Waals surface area (Å²) in [5.41, 5.74) is 8.06. The number of nitrogens with two attached hydrogens (primary N) is 1. The molecule has 29 heavy (non-hydrogen) atoms. The number of carbonyl (C=O) groups excluding carboxylic acids is 2. The van der Waals surface area contributed by atoms with Crippen LogP contribution in [-0.4, -0.2) is 36.8 Å². The van der Waals surface area contributed by atoms with Gasteiger partial charge in [0.1, 0.15) is 11.6 Å². The average molecular weight is 415 g/mol. The van der Waals surface area contributed by atoms with Crippen molar-refractivity contribution in [2.45, 2.75) is 31.8 Å². The fourth-order valence-corrected chi connectivity index (χ4v) is 4.00. The Kier molecular flexibility index (Phi) is 6.17. The van der Waals surface area contributed by atoms with E-state index in [1.54, 1.807) is 23.7 Å². The number of carbonyl (C=O) groups is 2. The SMILES string of the molecule is Cc1cc(C(=O)CSc2nnc(CCC(N)=O)n2C)c(C)n1-c1cccc(F)c1. The van der Waals surface area contributed by atoms with Crippen molar-refractivity contribution < 1.29 is 14.0 Å². The molecule has 1 amide bonds. The maximum Gasteiger partial charge on any atom is 0.217 e. The largest absolute Gasteiger partial charge is 0.370 e. The number of benzene rings is 1. The zero-order valence-corrected chi connectivity index (χ0v) is 17.3. The van der Waals surface area contributed by atoms with Gasteiger partial charge >= 0.3 is 0 Å². The topological polar surface area (TPSA) is 95.8 Å². The molecule has 2 N–H and O–H groups in total. The minimum Gasteiger partial charge on any atom is -0.370 e. The van der Waals surface area contributed by atoms with E-state index >= 15 is 0 Å². The second kappa shape index (κ2) is 8.60. The lowest BCUT2D eigenvalue weighted by molar-refractivity contribution is -0.118. The number of halogens is 1. The van der Waals surface area contributed by atoms with E-state index in [2.05, 4.69) is 10.2 Å². The molecule has 152 valence electrons. The van der Waals surface area contributed by atoms with Crippen molar-refractivity contribution in [1.82, 2.24) is 19.3 Å². The molecule has 0 saturated carbocycles. The Morgan fingerprint density at radius 3 is 2.66 bits per heavy atom. The molecule has 0 saturated heterocycles. The van der Waals surface area contributed by atoms with Crippen molar-refractivity contribution in [3.63, 3.8) is 0 Å². The highest BCUT2D eigenvalue weighted by molar-refractivity contribution is 7.99. The van der Waals surface area contributed by atoms with Crippen LogP contribution < -0.4 is 5.73 Å². The van der Waals surface area contributed by atoms with Crippen molar-refractivity contribution in [2.24, 2.45) is 12.8 Å². The van der Waals surface area contributed by atoms with Gasteiger partial charge in [-0.2, -0.15) is 0 Å². The molecule has 2 aromatic heterocycles. The number of aromatic nitrogens is 4. The molecule has 0 spiro atoms. The number of nitrogens with zero attached hydrogens (tertiary/aromatic N) is 4. The van der Waals surface area contributed by atoms with Gasteiger partial charge in [-0.1, -0.05) is 17.8 Å². The van der Waals surface area contributed by atoms with Crippen molar-refractivity contribution in [3.05, 3.63) is 58.9 Å². The molecular weight excluding hydrogens is 393 g/mol. The summed E-state index contributed by atoms with van der Waals surface area (Å²) in [6.07, 6.45) is 0.601. The third kappa shape index (κ3) is 4.56. The van der Waals surface area contributed by atoms with Gasteiger partial charge in [0.15, 0.2) is 10.9 Å². The van der Waals surface area contributed by atoms with Crippen LogP contribution in [0.4, 0.5) is 4.39 Å². The number of rotatable bonds is 8. The molecule has 2 heterocycles. The van der Waals surface area contributed by atoms with Gasteiger partial charge in [0.25, 0.3) is 0 Å². The Bertz CT molecular complexity index is 1070. The Balaban J connectivity index is 1.74. The summed E-state index contributed by atoms with van der Waals surface area (Å²) in [5.74, 6) is 0.0595. The molecule has 0 aliphatic heterocycles. The average Bonchev–Trinajstić information content (AvgIpc) is 3.17. The molecule has 0 aliphatic carbocycles. The second-order valence-electron chi connectivity index (χ2n) is 6.74. The molecule has 3 aromatic rings. The van der Waals surface area contributed by atoms with Gasteiger partial charge in [-0.25, -0.2) is 4.39 Å². The van der Waals surface area contributed by atoms with E-state index in [0.29, 0.717) is 28.7 Å². The van der Waals surface area contributed by atoms with Crippen LogP contribution in [0.3, 0.4) is 0 Å². The lowest BCUT2D eigenvalue weighted by atomic mass is 10.2. The summed E-state index contributed by atoms with van der Waals surface area (Å²) < 4.78 is 17.2. The first-order valence-electron chi connectivity index (χ1n) is 9.05. The number of aryl methyl sites for hydroxylation is 2. The van der Waals surface area contributed by atoms with Crippen LogP contribution in [-0.2, 0) is 18.3 Å². The van der Waals surface area contributed by atoms with E-state index in [1.165, 1.54) is 23.9 Å².